The van der Waals surface area contributed by atoms with Crippen LogP contribution in [0.3, 0.4) is 0 Å². The molecule has 0 saturated carbocycles. The van der Waals surface area contributed by atoms with Gasteiger partial charge in [-0.15, -0.1) is 0 Å². The van der Waals surface area contributed by atoms with E-state index in [-0.39, 0.29) is 12.5 Å². The van der Waals surface area contributed by atoms with Crippen LogP contribution in [0.25, 0.3) is 0 Å². The minimum atomic E-state index is -0.846. The van der Waals surface area contributed by atoms with E-state index in [0.717, 1.165) is 10.2 Å². The van der Waals surface area contributed by atoms with E-state index in [0.29, 0.717) is 10.7 Å². The highest BCUT2D eigenvalue weighted by atomic mass is 79.9. The Kier molecular flexibility index (Phi) is 4.24. The molecule has 0 radical (unpaired) electrons. The summed E-state index contributed by atoms with van der Waals surface area (Å²) in [7, 11) is 0. The second-order valence-corrected chi connectivity index (χ2v) is 6.17. The molecule has 4 nitrogen and oxygen atoms in total. The van der Waals surface area contributed by atoms with Gasteiger partial charge < -0.3 is 5.11 Å². The third-order valence-electron chi connectivity index (χ3n) is 3.45. The Morgan fingerprint density at radius 3 is 2.41 bits per heavy atom. The summed E-state index contributed by atoms with van der Waals surface area (Å²) >= 11 is 8.76. The van der Waals surface area contributed by atoms with Crippen LogP contribution in [0.4, 0.5) is 5.69 Å². The summed E-state index contributed by atoms with van der Waals surface area (Å²) < 4.78 is 0.938. The number of hydrogen-bond donors (Lipinski definition) is 1. The molecule has 0 aliphatic carbocycles. The molecule has 1 aliphatic rings. The quantitative estimate of drug-likeness (QED) is 0.818. The zero-order valence-electron chi connectivity index (χ0n) is 11.5. The van der Waals surface area contributed by atoms with Crippen molar-refractivity contribution in [1.29, 1.82) is 0 Å². The first-order chi connectivity index (χ1) is 10.6. The van der Waals surface area contributed by atoms with Gasteiger partial charge in [-0.05, 0) is 48.6 Å². The van der Waals surface area contributed by atoms with Gasteiger partial charge >= 0.3 is 0 Å². The van der Waals surface area contributed by atoms with Gasteiger partial charge in [0.05, 0.1) is 6.54 Å². The number of carbonyl (C=O) groups excluding carboxylic acids is 1. The van der Waals surface area contributed by atoms with Crippen LogP contribution in [-0.2, 0) is 0 Å². The van der Waals surface area contributed by atoms with Crippen molar-refractivity contribution in [3.8, 4) is 0 Å². The molecule has 0 aromatic heterocycles. The predicted octanol–water partition coefficient (Wildman–Crippen LogP) is 3.01. The Labute approximate surface area is 142 Å². The molecule has 1 amide bonds. The number of aliphatic hydroxyl groups is 1. The Balaban J connectivity index is 1.87. The summed E-state index contributed by atoms with van der Waals surface area (Å²) in [6.07, 6.45) is -0.846. The van der Waals surface area contributed by atoms with Crippen molar-refractivity contribution in [1.82, 2.24) is 4.90 Å². The highest BCUT2D eigenvalue weighted by molar-refractivity contribution is 9.10. The first-order valence-electron chi connectivity index (χ1n) is 6.71. The number of benzene rings is 2. The lowest BCUT2D eigenvalue weighted by Gasteiger charge is -2.22. The maximum absolute atomic E-state index is 12.5. The van der Waals surface area contributed by atoms with Crippen molar-refractivity contribution < 1.29 is 9.90 Å². The third kappa shape index (κ3) is 2.77. The van der Waals surface area contributed by atoms with E-state index in [1.807, 2.05) is 30.3 Å². The summed E-state index contributed by atoms with van der Waals surface area (Å²) in [5, 5.41) is 10.6. The van der Waals surface area contributed by atoms with Crippen LogP contribution in [0, 0.1) is 0 Å². The summed E-state index contributed by atoms with van der Waals surface area (Å²) in [4.78, 5) is 15.5. The minimum Gasteiger partial charge on any atom is -0.371 e. The van der Waals surface area contributed by atoms with Crippen LogP contribution < -0.4 is 4.90 Å². The summed E-state index contributed by atoms with van der Waals surface area (Å²) in [6.45, 7) is 0.155. The zero-order chi connectivity index (χ0) is 15.7. The molecule has 1 N–H and O–H groups in total. The fourth-order valence-corrected chi connectivity index (χ4v) is 3.02. The molecule has 2 aromatic rings. The van der Waals surface area contributed by atoms with Gasteiger partial charge in [-0.3, -0.25) is 14.6 Å². The Morgan fingerprint density at radius 1 is 1.14 bits per heavy atom. The molecule has 0 spiro atoms. The molecule has 3 rings (SSSR count). The molecule has 2 aromatic carbocycles. The molecule has 1 heterocycles. The number of nitrogens with zero attached hydrogens (tertiary/aromatic N) is 2. The number of halogens is 1. The van der Waals surface area contributed by atoms with E-state index in [4.69, 9.17) is 12.2 Å². The molecule has 0 unspecified atom stereocenters. The lowest BCUT2D eigenvalue weighted by Crippen LogP contribution is -2.37. The molecule has 22 heavy (non-hydrogen) atoms. The molecular weight excluding hydrogens is 364 g/mol. The van der Waals surface area contributed by atoms with Gasteiger partial charge in [0.25, 0.3) is 5.91 Å². The van der Waals surface area contributed by atoms with Crippen LogP contribution in [-0.4, -0.2) is 33.8 Å². The zero-order valence-corrected chi connectivity index (χ0v) is 13.9. The Bertz CT molecular complexity index is 706. The lowest BCUT2D eigenvalue weighted by atomic mass is 10.2. The molecule has 1 atom stereocenters. The summed E-state index contributed by atoms with van der Waals surface area (Å²) in [5.41, 5.74) is 1.30. The van der Waals surface area contributed by atoms with Gasteiger partial charge in [-0.1, -0.05) is 34.1 Å². The largest absolute Gasteiger partial charge is 0.371 e. The number of β-amino-alcohol motifs (C(OH)–C–C–N with tert-alkyl or cyclic N) is 1. The van der Waals surface area contributed by atoms with Gasteiger partial charge in [0.15, 0.2) is 11.3 Å². The van der Waals surface area contributed by atoms with Crippen LogP contribution >= 0.6 is 28.1 Å². The van der Waals surface area contributed by atoms with Crippen LogP contribution in [0.15, 0.2) is 59.1 Å². The molecule has 0 bridgehead atoms. The van der Waals surface area contributed by atoms with Gasteiger partial charge in [-0.25, -0.2) is 0 Å². The molecule has 112 valence electrons. The average Bonchev–Trinajstić information content (AvgIpc) is 2.83. The smallest absolute Gasteiger partial charge is 0.260 e. The fourth-order valence-electron chi connectivity index (χ4n) is 2.37. The van der Waals surface area contributed by atoms with E-state index >= 15 is 0 Å². The van der Waals surface area contributed by atoms with Crippen molar-refractivity contribution in [2.24, 2.45) is 0 Å². The van der Waals surface area contributed by atoms with Crippen molar-refractivity contribution in [2.75, 3.05) is 11.4 Å². The van der Waals surface area contributed by atoms with Gasteiger partial charge in [-0.2, -0.15) is 0 Å². The summed E-state index contributed by atoms with van der Waals surface area (Å²) in [5.74, 6) is -0.204. The Morgan fingerprint density at radius 2 is 1.77 bits per heavy atom. The van der Waals surface area contributed by atoms with Crippen molar-refractivity contribution in [3.63, 3.8) is 0 Å². The second-order valence-electron chi connectivity index (χ2n) is 4.89. The SMILES string of the molecule is O=C(c1ccccc1)N1C[C@H](O)N(c2ccc(Br)cc2)C1=S. The normalized spacial score (nSPS) is 17.9. The number of amides is 1. The van der Waals surface area contributed by atoms with E-state index in [9.17, 15) is 9.90 Å². The predicted molar refractivity (Wildman–Crippen MR) is 92.7 cm³/mol. The molecule has 1 saturated heterocycles. The molecule has 1 fully saturated rings. The van der Waals surface area contributed by atoms with Crippen molar-refractivity contribution in [3.05, 3.63) is 64.6 Å². The van der Waals surface area contributed by atoms with E-state index in [2.05, 4.69) is 15.9 Å². The minimum absolute atomic E-state index is 0.155. The fraction of sp³-hybridized carbons (Fsp3) is 0.125. The first kappa shape index (κ1) is 15.1. The average molecular weight is 377 g/mol. The number of hydrogen-bond acceptors (Lipinski definition) is 3. The molecular formula is C16H13BrN2O2S. The first-order valence-corrected chi connectivity index (χ1v) is 7.92. The van der Waals surface area contributed by atoms with Crippen LogP contribution in [0.1, 0.15) is 10.4 Å². The Hall–Kier alpha value is -1.76. The number of anilines is 1. The van der Waals surface area contributed by atoms with E-state index in [1.54, 1.807) is 29.2 Å². The van der Waals surface area contributed by atoms with E-state index in [1.165, 1.54) is 4.90 Å². The maximum Gasteiger partial charge on any atom is 0.260 e. The molecule has 1 aliphatic heterocycles. The summed E-state index contributed by atoms with van der Waals surface area (Å²) in [6, 6.07) is 16.3. The lowest BCUT2D eigenvalue weighted by molar-refractivity contribution is 0.0821. The number of rotatable bonds is 2. The van der Waals surface area contributed by atoms with Crippen LogP contribution in [0.5, 0.6) is 0 Å². The number of carbonyl (C=O) groups is 1. The monoisotopic (exact) mass is 376 g/mol. The van der Waals surface area contributed by atoms with Gasteiger partial charge in [0.1, 0.15) is 0 Å². The second kappa shape index (κ2) is 6.16. The maximum atomic E-state index is 12.5. The van der Waals surface area contributed by atoms with E-state index < -0.39 is 6.23 Å². The van der Waals surface area contributed by atoms with Crippen LogP contribution in [0.2, 0.25) is 0 Å². The number of aliphatic hydroxyl groups excluding tert-OH is 1. The van der Waals surface area contributed by atoms with Gasteiger partial charge in [0, 0.05) is 15.7 Å². The topological polar surface area (TPSA) is 43.8 Å². The highest BCUT2D eigenvalue weighted by Crippen LogP contribution is 2.26. The molecule has 6 heteroatoms. The van der Waals surface area contributed by atoms with Gasteiger partial charge in [0.2, 0.25) is 0 Å². The van der Waals surface area contributed by atoms with Crippen molar-refractivity contribution in [2.45, 2.75) is 6.23 Å². The van der Waals surface area contributed by atoms with Crippen molar-refractivity contribution >= 4 is 44.9 Å². The standard InChI is InChI=1S/C16H13BrN2O2S/c17-12-6-8-13(9-7-12)19-14(20)10-18(16(19)22)15(21)11-4-2-1-3-5-11/h1-9,14,20H,10H2/t14-/m0/s1. The third-order valence-corrected chi connectivity index (χ3v) is 4.40. The number of thiocarbonyl (C=S) groups is 1. The highest BCUT2D eigenvalue weighted by Gasteiger charge is 2.37.